The van der Waals surface area contributed by atoms with Gasteiger partial charge in [-0.25, -0.2) is 18.0 Å². The molecule has 1 amide bonds. The highest BCUT2D eigenvalue weighted by Gasteiger charge is 2.32. The number of carbonyl (C=O) groups excluding carboxylic acids is 2. The maximum Gasteiger partial charge on any atom is 0.350 e. The van der Waals surface area contributed by atoms with Crippen LogP contribution in [0.2, 0.25) is 0 Å². The van der Waals surface area contributed by atoms with Gasteiger partial charge < -0.3 is 14.8 Å². The fourth-order valence-electron chi connectivity index (χ4n) is 1.94. The summed E-state index contributed by atoms with van der Waals surface area (Å²) < 4.78 is 50.0. The van der Waals surface area contributed by atoms with Crippen LogP contribution in [-0.4, -0.2) is 24.1 Å². The van der Waals surface area contributed by atoms with Gasteiger partial charge >= 0.3 is 5.97 Å². The van der Waals surface area contributed by atoms with E-state index in [1.807, 2.05) is 5.32 Å². The van der Waals surface area contributed by atoms with Crippen LogP contribution in [0.5, 0.6) is 5.75 Å². The summed E-state index contributed by atoms with van der Waals surface area (Å²) >= 11 is 0. The molecule has 138 valence electrons. The molecule has 2 aromatic carbocycles. The maximum atomic E-state index is 13.5. The van der Waals surface area contributed by atoms with Crippen LogP contribution in [0, 0.1) is 17.5 Å². The molecule has 0 unspecified atom stereocenters. The van der Waals surface area contributed by atoms with Crippen molar-refractivity contribution in [1.82, 2.24) is 0 Å². The minimum Gasteiger partial charge on any atom is -0.476 e. The molecule has 0 fully saturated rings. The number of ether oxygens (including phenoxy) is 2. The number of hydrogen-bond acceptors (Lipinski definition) is 4. The molecular weight excluding hydrogens is 351 g/mol. The monoisotopic (exact) mass is 367 g/mol. The second kappa shape index (κ2) is 7.90. The van der Waals surface area contributed by atoms with Crippen LogP contribution < -0.4 is 10.1 Å². The fourth-order valence-corrected chi connectivity index (χ4v) is 1.94. The quantitative estimate of drug-likeness (QED) is 0.795. The predicted octanol–water partition coefficient (Wildman–Crippen LogP) is 3.44. The first-order valence-electron chi connectivity index (χ1n) is 7.55. The second-order valence-electron chi connectivity index (χ2n) is 5.79. The van der Waals surface area contributed by atoms with Gasteiger partial charge in [0, 0.05) is 0 Å². The lowest BCUT2D eigenvalue weighted by Gasteiger charge is -2.24. The average molecular weight is 367 g/mol. The standard InChI is InChI=1S/C18H16F3NO4/c1-18(2,26-12-8-6-11(19)7-9-12)17(24)25-10-15(23)22-16-13(20)4-3-5-14(16)21/h3-9H,10H2,1-2H3,(H,22,23). The maximum absolute atomic E-state index is 13.5. The van der Waals surface area contributed by atoms with Crippen LogP contribution in [0.15, 0.2) is 42.5 Å². The third kappa shape index (κ3) is 4.98. The van der Waals surface area contributed by atoms with Crippen LogP contribution in [0.1, 0.15) is 13.8 Å². The highest BCUT2D eigenvalue weighted by Crippen LogP contribution is 2.20. The average Bonchev–Trinajstić information content (AvgIpc) is 2.58. The fraction of sp³-hybridized carbons (Fsp3) is 0.222. The third-order valence-electron chi connectivity index (χ3n) is 3.24. The minimum atomic E-state index is -1.47. The Bertz CT molecular complexity index is 786. The van der Waals surface area contributed by atoms with Crippen molar-refractivity contribution < 1.29 is 32.2 Å². The Hall–Kier alpha value is -3.03. The first-order valence-corrected chi connectivity index (χ1v) is 7.55. The smallest absolute Gasteiger partial charge is 0.350 e. The molecule has 0 aliphatic heterocycles. The highest BCUT2D eigenvalue weighted by atomic mass is 19.1. The summed E-state index contributed by atoms with van der Waals surface area (Å²) in [6, 6.07) is 8.08. The largest absolute Gasteiger partial charge is 0.476 e. The van der Waals surface area contributed by atoms with Crippen LogP contribution in [0.25, 0.3) is 0 Å². The molecule has 0 saturated heterocycles. The van der Waals surface area contributed by atoms with E-state index in [4.69, 9.17) is 9.47 Å². The molecule has 2 rings (SSSR count). The third-order valence-corrected chi connectivity index (χ3v) is 3.24. The summed E-state index contributed by atoms with van der Waals surface area (Å²) in [5.74, 6) is -3.94. The molecule has 0 aliphatic rings. The Morgan fingerprint density at radius 3 is 2.15 bits per heavy atom. The summed E-state index contributed by atoms with van der Waals surface area (Å²) in [5, 5.41) is 1.99. The topological polar surface area (TPSA) is 64.6 Å². The van der Waals surface area contributed by atoms with E-state index in [1.54, 1.807) is 0 Å². The minimum absolute atomic E-state index is 0.228. The lowest BCUT2D eigenvalue weighted by atomic mass is 10.1. The Labute approximate surface area is 147 Å². The van der Waals surface area contributed by atoms with Crippen molar-refractivity contribution in [3.8, 4) is 5.75 Å². The number of benzene rings is 2. The number of hydrogen-bond donors (Lipinski definition) is 1. The number of anilines is 1. The van der Waals surface area contributed by atoms with Crippen molar-refractivity contribution in [2.24, 2.45) is 0 Å². The number of esters is 1. The van der Waals surface area contributed by atoms with Gasteiger partial charge in [0.15, 0.2) is 12.2 Å². The lowest BCUT2D eigenvalue weighted by molar-refractivity contribution is -0.161. The molecule has 0 bridgehead atoms. The lowest BCUT2D eigenvalue weighted by Crippen LogP contribution is -2.41. The summed E-state index contributed by atoms with van der Waals surface area (Å²) in [5.41, 5.74) is -2.10. The van der Waals surface area contributed by atoms with Gasteiger partial charge in [-0.15, -0.1) is 0 Å². The molecule has 8 heteroatoms. The van der Waals surface area contributed by atoms with Crippen molar-refractivity contribution in [3.05, 3.63) is 59.9 Å². The zero-order valence-electron chi connectivity index (χ0n) is 14.0. The molecule has 0 radical (unpaired) electrons. The van der Waals surface area contributed by atoms with E-state index in [0.717, 1.165) is 30.3 Å². The van der Waals surface area contributed by atoms with E-state index in [9.17, 15) is 22.8 Å². The van der Waals surface area contributed by atoms with Gasteiger partial charge in [-0.05, 0) is 50.2 Å². The van der Waals surface area contributed by atoms with Gasteiger partial charge in [0.05, 0.1) is 0 Å². The number of nitrogens with one attached hydrogen (secondary N) is 1. The molecule has 2 aromatic rings. The number of carbonyl (C=O) groups is 2. The molecule has 5 nitrogen and oxygen atoms in total. The first-order chi connectivity index (χ1) is 12.2. The van der Waals surface area contributed by atoms with Crippen LogP contribution >= 0.6 is 0 Å². The SMILES string of the molecule is CC(C)(Oc1ccc(F)cc1)C(=O)OCC(=O)Nc1c(F)cccc1F. The number of rotatable bonds is 6. The van der Waals surface area contributed by atoms with E-state index in [2.05, 4.69) is 0 Å². The summed E-state index contributed by atoms with van der Waals surface area (Å²) in [7, 11) is 0. The van der Waals surface area contributed by atoms with Crippen LogP contribution in [0.3, 0.4) is 0 Å². The van der Waals surface area contributed by atoms with Gasteiger partial charge in [0.1, 0.15) is 28.9 Å². The van der Waals surface area contributed by atoms with E-state index < -0.39 is 47.2 Å². The molecule has 0 heterocycles. The van der Waals surface area contributed by atoms with E-state index in [1.165, 1.54) is 26.0 Å². The van der Waals surface area contributed by atoms with Gasteiger partial charge in [-0.2, -0.15) is 0 Å². The molecule has 1 N–H and O–H groups in total. The molecule has 0 saturated carbocycles. The van der Waals surface area contributed by atoms with E-state index >= 15 is 0 Å². The van der Waals surface area contributed by atoms with Gasteiger partial charge in [-0.3, -0.25) is 4.79 Å². The van der Waals surface area contributed by atoms with Crippen molar-refractivity contribution in [2.45, 2.75) is 19.4 Å². The Kier molecular flexibility index (Phi) is 5.86. The van der Waals surface area contributed by atoms with Crippen molar-refractivity contribution in [1.29, 1.82) is 0 Å². The molecule has 0 aromatic heterocycles. The number of para-hydroxylation sites is 1. The summed E-state index contributed by atoms with van der Waals surface area (Å²) in [6.45, 7) is 2.03. The zero-order chi connectivity index (χ0) is 19.3. The van der Waals surface area contributed by atoms with Crippen molar-refractivity contribution >= 4 is 17.6 Å². The summed E-state index contributed by atoms with van der Waals surface area (Å²) in [6.07, 6.45) is 0. The van der Waals surface area contributed by atoms with E-state index in [0.29, 0.717) is 0 Å². The molecule has 26 heavy (non-hydrogen) atoms. The molecule has 0 atom stereocenters. The zero-order valence-corrected chi connectivity index (χ0v) is 14.0. The second-order valence-corrected chi connectivity index (χ2v) is 5.79. The van der Waals surface area contributed by atoms with Crippen LogP contribution in [-0.2, 0) is 14.3 Å². The summed E-state index contributed by atoms with van der Waals surface area (Å²) in [4.78, 5) is 23.8. The van der Waals surface area contributed by atoms with Gasteiger partial charge in [-0.1, -0.05) is 6.07 Å². The first kappa shape index (κ1) is 19.3. The molecule has 0 spiro atoms. The Morgan fingerprint density at radius 1 is 1.00 bits per heavy atom. The normalized spacial score (nSPS) is 11.0. The Morgan fingerprint density at radius 2 is 1.58 bits per heavy atom. The molecule has 0 aliphatic carbocycles. The van der Waals surface area contributed by atoms with Gasteiger partial charge in [0.25, 0.3) is 5.91 Å². The number of halogens is 3. The van der Waals surface area contributed by atoms with Crippen molar-refractivity contribution in [3.63, 3.8) is 0 Å². The van der Waals surface area contributed by atoms with E-state index in [-0.39, 0.29) is 5.75 Å². The van der Waals surface area contributed by atoms with Crippen molar-refractivity contribution in [2.75, 3.05) is 11.9 Å². The predicted molar refractivity (Wildman–Crippen MR) is 87.1 cm³/mol. The Balaban J connectivity index is 1.92. The molecular formula is C18H16F3NO4. The van der Waals surface area contributed by atoms with Crippen LogP contribution in [0.4, 0.5) is 18.9 Å². The highest BCUT2D eigenvalue weighted by molar-refractivity contribution is 5.93. The van der Waals surface area contributed by atoms with Gasteiger partial charge in [0.2, 0.25) is 0 Å². The number of amides is 1.